The van der Waals surface area contributed by atoms with Gasteiger partial charge in [0.1, 0.15) is 17.7 Å². The van der Waals surface area contributed by atoms with Crippen LogP contribution in [0.2, 0.25) is 0 Å². The van der Waals surface area contributed by atoms with Crippen LogP contribution >= 0.6 is 0 Å². The zero-order valence-electron chi connectivity index (χ0n) is 14.9. The largest absolute Gasteiger partial charge is 0.464 e. The minimum Gasteiger partial charge on any atom is -0.464 e. The minimum absolute atomic E-state index is 0.101. The summed E-state index contributed by atoms with van der Waals surface area (Å²) in [5.41, 5.74) is 5.03. The van der Waals surface area contributed by atoms with Gasteiger partial charge < -0.3 is 9.32 Å². The molecule has 0 radical (unpaired) electrons. The molecule has 2 aromatic carbocycles. The molecule has 0 amide bonds. The molecule has 134 valence electrons. The van der Waals surface area contributed by atoms with Gasteiger partial charge in [-0.3, -0.25) is 0 Å². The summed E-state index contributed by atoms with van der Waals surface area (Å²) in [6.07, 6.45) is 6.44. The fourth-order valence-corrected chi connectivity index (χ4v) is 4.00. The standard InChI is InChI=1S/C22H18FN3O/c1-26-11-19(15-3-2-14-6-7-27-21(14)8-15)18-5-4-17(22(23)20(18)12-26)16-9-24-13-25-10-16/h2-10,13,19H,11-12H2,1H3. The number of hydrogen-bond acceptors (Lipinski definition) is 4. The van der Waals surface area contributed by atoms with E-state index >= 15 is 4.39 Å². The normalized spacial score (nSPS) is 17.2. The van der Waals surface area contributed by atoms with Gasteiger partial charge in [0, 0.05) is 53.5 Å². The lowest BCUT2D eigenvalue weighted by molar-refractivity contribution is 0.289. The maximum Gasteiger partial charge on any atom is 0.135 e. The van der Waals surface area contributed by atoms with Crippen molar-refractivity contribution < 1.29 is 8.81 Å². The van der Waals surface area contributed by atoms with Crippen molar-refractivity contribution in [2.75, 3.05) is 13.6 Å². The zero-order valence-corrected chi connectivity index (χ0v) is 14.9. The maximum atomic E-state index is 15.4. The van der Waals surface area contributed by atoms with Crippen LogP contribution in [0.4, 0.5) is 4.39 Å². The molecule has 0 aliphatic carbocycles. The average Bonchev–Trinajstić information content (AvgIpc) is 3.17. The lowest BCUT2D eigenvalue weighted by atomic mass is 9.83. The Bertz CT molecular complexity index is 1120. The molecule has 0 spiro atoms. The van der Waals surface area contributed by atoms with E-state index in [0.717, 1.165) is 34.2 Å². The van der Waals surface area contributed by atoms with Crippen molar-refractivity contribution in [3.05, 3.63) is 83.9 Å². The summed E-state index contributed by atoms with van der Waals surface area (Å²) in [6.45, 7) is 1.43. The van der Waals surface area contributed by atoms with Gasteiger partial charge in [-0.05, 0) is 30.3 Å². The molecule has 1 atom stereocenters. The molecule has 0 N–H and O–H groups in total. The van der Waals surface area contributed by atoms with Crippen LogP contribution in [0, 0.1) is 5.82 Å². The molecular formula is C22H18FN3O. The van der Waals surface area contributed by atoms with Crippen molar-refractivity contribution in [2.45, 2.75) is 12.5 Å². The second-order valence-electron chi connectivity index (χ2n) is 7.09. The molecule has 0 saturated carbocycles. The topological polar surface area (TPSA) is 42.2 Å². The van der Waals surface area contributed by atoms with E-state index < -0.39 is 0 Å². The third-order valence-corrected chi connectivity index (χ3v) is 5.33. The first-order valence-electron chi connectivity index (χ1n) is 8.93. The van der Waals surface area contributed by atoms with Gasteiger partial charge in [-0.1, -0.05) is 24.3 Å². The third kappa shape index (κ3) is 2.71. The summed E-state index contributed by atoms with van der Waals surface area (Å²) in [6, 6.07) is 12.1. The number of aromatic nitrogens is 2. The Morgan fingerprint density at radius 2 is 1.96 bits per heavy atom. The summed E-state index contributed by atoms with van der Waals surface area (Å²) in [5.74, 6) is -0.0817. The third-order valence-electron chi connectivity index (χ3n) is 5.33. The highest BCUT2D eigenvalue weighted by molar-refractivity contribution is 5.78. The van der Waals surface area contributed by atoms with Crippen molar-refractivity contribution in [1.29, 1.82) is 0 Å². The van der Waals surface area contributed by atoms with Gasteiger partial charge >= 0.3 is 0 Å². The van der Waals surface area contributed by atoms with Crippen LogP contribution < -0.4 is 0 Å². The van der Waals surface area contributed by atoms with Crippen molar-refractivity contribution >= 4 is 11.0 Å². The Kier molecular flexibility index (Phi) is 3.76. The molecular weight excluding hydrogens is 341 g/mol. The molecule has 0 fully saturated rings. The summed E-state index contributed by atoms with van der Waals surface area (Å²) < 4.78 is 21.0. The molecule has 3 heterocycles. The smallest absolute Gasteiger partial charge is 0.135 e. The highest BCUT2D eigenvalue weighted by Gasteiger charge is 2.28. The van der Waals surface area contributed by atoms with Crippen LogP contribution in [0.5, 0.6) is 0 Å². The highest BCUT2D eigenvalue weighted by atomic mass is 19.1. The second kappa shape index (κ2) is 6.28. The Hall–Kier alpha value is -3.05. The Balaban J connectivity index is 1.64. The van der Waals surface area contributed by atoms with Gasteiger partial charge in [-0.15, -0.1) is 0 Å². The number of fused-ring (bicyclic) bond motifs is 2. The molecule has 1 aliphatic rings. The number of halogens is 1. The number of likely N-dealkylation sites (N-methyl/N-ethyl adjacent to an activating group) is 1. The lowest BCUT2D eigenvalue weighted by Gasteiger charge is -2.33. The van der Waals surface area contributed by atoms with E-state index in [9.17, 15) is 0 Å². The first kappa shape index (κ1) is 16.1. The molecule has 1 aliphatic heterocycles. The first-order valence-corrected chi connectivity index (χ1v) is 8.93. The SMILES string of the molecule is CN1Cc2c(ccc(-c3cncnc3)c2F)C(c2ccc3ccoc3c2)C1. The summed E-state index contributed by atoms with van der Waals surface area (Å²) in [4.78, 5) is 10.2. The van der Waals surface area contributed by atoms with E-state index in [1.54, 1.807) is 18.7 Å². The van der Waals surface area contributed by atoms with Crippen LogP contribution in [-0.4, -0.2) is 28.5 Å². The Morgan fingerprint density at radius 3 is 2.81 bits per heavy atom. The van der Waals surface area contributed by atoms with Crippen LogP contribution in [0.3, 0.4) is 0 Å². The number of hydrogen-bond donors (Lipinski definition) is 0. The molecule has 4 nitrogen and oxygen atoms in total. The fraction of sp³-hybridized carbons (Fsp3) is 0.182. The predicted octanol–water partition coefficient (Wildman–Crippen LogP) is 4.61. The molecule has 1 unspecified atom stereocenters. The monoisotopic (exact) mass is 359 g/mol. The van der Waals surface area contributed by atoms with E-state index in [-0.39, 0.29) is 11.7 Å². The summed E-state index contributed by atoms with van der Waals surface area (Å²) in [5, 5.41) is 1.08. The van der Waals surface area contributed by atoms with E-state index in [0.29, 0.717) is 17.7 Å². The van der Waals surface area contributed by atoms with Crippen LogP contribution in [0.1, 0.15) is 22.6 Å². The summed E-state index contributed by atoms with van der Waals surface area (Å²) >= 11 is 0. The van der Waals surface area contributed by atoms with Crippen molar-refractivity contribution in [3.8, 4) is 11.1 Å². The maximum absolute atomic E-state index is 15.4. The Morgan fingerprint density at radius 1 is 1.11 bits per heavy atom. The molecule has 5 heteroatoms. The average molecular weight is 359 g/mol. The first-order chi connectivity index (χ1) is 13.2. The van der Waals surface area contributed by atoms with Crippen molar-refractivity contribution in [2.24, 2.45) is 0 Å². The number of nitrogens with zero attached hydrogens (tertiary/aromatic N) is 3. The quantitative estimate of drug-likeness (QED) is 0.524. The molecule has 2 aromatic heterocycles. The summed E-state index contributed by atoms with van der Waals surface area (Å²) in [7, 11) is 2.03. The van der Waals surface area contributed by atoms with Gasteiger partial charge in [0.15, 0.2) is 0 Å². The number of benzene rings is 2. The van der Waals surface area contributed by atoms with E-state index in [4.69, 9.17) is 4.42 Å². The van der Waals surface area contributed by atoms with Gasteiger partial charge in [0.2, 0.25) is 0 Å². The molecule has 4 aromatic rings. The van der Waals surface area contributed by atoms with Crippen LogP contribution in [0.25, 0.3) is 22.1 Å². The van der Waals surface area contributed by atoms with Gasteiger partial charge in [0.05, 0.1) is 6.26 Å². The van der Waals surface area contributed by atoms with E-state index in [2.05, 4.69) is 33.1 Å². The fourth-order valence-electron chi connectivity index (χ4n) is 4.00. The van der Waals surface area contributed by atoms with Gasteiger partial charge in [-0.2, -0.15) is 0 Å². The molecule has 27 heavy (non-hydrogen) atoms. The zero-order chi connectivity index (χ0) is 18.4. The van der Waals surface area contributed by atoms with Gasteiger partial charge in [-0.25, -0.2) is 14.4 Å². The molecule has 0 bridgehead atoms. The van der Waals surface area contributed by atoms with E-state index in [1.807, 2.05) is 25.2 Å². The molecule has 0 saturated heterocycles. The van der Waals surface area contributed by atoms with Gasteiger partial charge in [0.25, 0.3) is 0 Å². The predicted molar refractivity (Wildman–Crippen MR) is 102 cm³/mol. The number of rotatable bonds is 2. The molecule has 5 rings (SSSR count). The lowest BCUT2D eigenvalue weighted by Crippen LogP contribution is -2.31. The van der Waals surface area contributed by atoms with E-state index in [1.165, 1.54) is 6.33 Å². The second-order valence-corrected chi connectivity index (χ2v) is 7.09. The van der Waals surface area contributed by atoms with Crippen molar-refractivity contribution in [1.82, 2.24) is 14.9 Å². The highest BCUT2D eigenvalue weighted by Crippen LogP contribution is 2.38. The Labute approximate surface area is 156 Å². The van der Waals surface area contributed by atoms with Crippen LogP contribution in [-0.2, 0) is 6.54 Å². The minimum atomic E-state index is -0.182. The number of furan rings is 1. The van der Waals surface area contributed by atoms with Crippen molar-refractivity contribution in [3.63, 3.8) is 0 Å². The van der Waals surface area contributed by atoms with Crippen LogP contribution in [0.15, 0.2) is 65.8 Å².